The fourth-order valence-corrected chi connectivity index (χ4v) is 3.10. The topological polar surface area (TPSA) is 61.0 Å². The number of aryl methyl sites for hydroxylation is 1. The van der Waals surface area contributed by atoms with Gasteiger partial charge in [-0.25, -0.2) is 4.98 Å². The zero-order valence-electron chi connectivity index (χ0n) is 10.1. The fourth-order valence-electron chi connectivity index (χ4n) is 1.65. The third kappa shape index (κ3) is 3.58. The van der Waals surface area contributed by atoms with Crippen LogP contribution in [0, 0.1) is 17.0 Å². The summed E-state index contributed by atoms with van der Waals surface area (Å²) in [5, 5.41) is 10.9. The first-order chi connectivity index (χ1) is 9.28. The Morgan fingerprint density at radius 3 is 2.60 bits per heavy atom. The molecule has 0 spiro atoms. The van der Waals surface area contributed by atoms with E-state index in [1.807, 2.05) is 6.92 Å². The highest BCUT2D eigenvalue weighted by Gasteiger charge is 2.25. The highest BCUT2D eigenvalue weighted by Crippen LogP contribution is 2.46. The molecule has 1 aromatic carbocycles. The molecule has 0 aliphatic heterocycles. The third-order valence-corrected chi connectivity index (χ3v) is 3.94. The molecular formula is C11H8Cl3N3O2S. The van der Waals surface area contributed by atoms with E-state index in [9.17, 15) is 10.1 Å². The summed E-state index contributed by atoms with van der Waals surface area (Å²) >= 11 is 18.2. The Morgan fingerprint density at radius 2 is 2.10 bits per heavy atom. The van der Waals surface area contributed by atoms with E-state index in [1.54, 1.807) is 23.0 Å². The predicted molar refractivity (Wildman–Crippen MR) is 81.1 cm³/mol. The lowest BCUT2D eigenvalue weighted by Gasteiger charge is -2.15. The van der Waals surface area contributed by atoms with Gasteiger partial charge in [-0.05, 0) is 13.0 Å². The van der Waals surface area contributed by atoms with E-state index in [0.717, 1.165) is 17.6 Å². The van der Waals surface area contributed by atoms with Crippen molar-refractivity contribution in [1.82, 2.24) is 9.55 Å². The predicted octanol–water partition coefficient (Wildman–Crippen LogP) is 4.51. The summed E-state index contributed by atoms with van der Waals surface area (Å²) in [4.78, 5) is 15.0. The van der Waals surface area contributed by atoms with Crippen molar-refractivity contribution in [3.05, 3.63) is 46.5 Å². The van der Waals surface area contributed by atoms with E-state index in [1.165, 1.54) is 12.1 Å². The number of thioether (sulfide) groups is 1. The summed E-state index contributed by atoms with van der Waals surface area (Å²) in [7, 11) is 0. The maximum absolute atomic E-state index is 10.9. The number of nitrogens with zero attached hydrogens (tertiary/aromatic N) is 3. The van der Waals surface area contributed by atoms with Gasteiger partial charge < -0.3 is 4.57 Å². The molecule has 20 heavy (non-hydrogen) atoms. The van der Waals surface area contributed by atoms with Crippen molar-refractivity contribution in [1.29, 1.82) is 0 Å². The van der Waals surface area contributed by atoms with E-state index >= 15 is 0 Å². The Kier molecular flexibility index (Phi) is 4.49. The Bertz CT molecular complexity index is 655. The van der Waals surface area contributed by atoms with Crippen molar-refractivity contribution in [2.45, 2.75) is 14.9 Å². The highest BCUT2D eigenvalue weighted by molar-refractivity contribution is 8.04. The first kappa shape index (κ1) is 15.4. The molecule has 0 radical (unpaired) electrons. The van der Waals surface area contributed by atoms with Crippen LogP contribution in [0.15, 0.2) is 35.5 Å². The average Bonchev–Trinajstić information content (AvgIpc) is 2.73. The smallest absolute Gasteiger partial charge is 0.270 e. The van der Waals surface area contributed by atoms with Gasteiger partial charge in [-0.3, -0.25) is 10.1 Å². The number of non-ortho nitro benzene ring substituents is 1. The highest BCUT2D eigenvalue weighted by atomic mass is 35.6. The molecule has 106 valence electrons. The molecule has 0 aliphatic rings. The second kappa shape index (κ2) is 5.81. The van der Waals surface area contributed by atoms with E-state index in [4.69, 9.17) is 34.8 Å². The van der Waals surface area contributed by atoms with Crippen LogP contribution >= 0.6 is 46.6 Å². The Balaban J connectivity index is 2.56. The van der Waals surface area contributed by atoms with Crippen molar-refractivity contribution in [2.75, 3.05) is 0 Å². The number of hydrogen-bond donors (Lipinski definition) is 0. The van der Waals surface area contributed by atoms with Gasteiger partial charge in [-0.1, -0.05) is 46.6 Å². The number of halogens is 3. The van der Waals surface area contributed by atoms with Crippen LogP contribution in [-0.2, 0) is 0 Å². The van der Waals surface area contributed by atoms with Crippen LogP contribution in [0.5, 0.6) is 0 Å². The normalized spacial score (nSPS) is 11.6. The summed E-state index contributed by atoms with van der Waals surface area (Å²) in [6, 6.07) is 4.38. The van der Waals surface area contributed by atoms with Gasteiger partial charge >= 0.3 is 0 Å². The molecule has 1 aromatic heterocycles. The molecule has 0 bridgehead atoms. The van der Waals surface area contributed by atoms with Crippen LogP contribution in [-0.4, -0.2) is 17.6 Å². The fraction of sp³-hybridized carbons (Fsp3) is 0.182. The van der Waals surface area contributed by atoms with Crippen molar-refractivity contribution >= 4 is 52.3 Å². The lowest BCUT2D eigenvalue weighted by Crippen LogP contribution is -2.02. The molecule has 2 aromatic rings. The number of benzene rings is 1. The van der Waals surface area contributed by atoms with Crippen molar-refractivity contribution < 1.29 is 4.92 Å². The molecule has 0 fully saturated rings. The van der Waals surface area contributed by atoms with Crippen molar-refractivity contribution in [3.63, 3.8) is 0 Å². The zero-order valence-corrected chi connectivity index (χ0v) is 13.2. The summed E-state index contributed by atoms with van der Waals surface area (Å²) in [6.45, 7) is 1.81. The van der Waals surface area contributed by atoms with Gasteiger partial charge in [0.25, 0.3) is 5.69 Å². The summed E-state index contributed by atoms with van der Waals surface area (Å²) < 4.78 is 0.154. The number of alkyl halides is 3. The van der Waals surface area contributed by atoms with E-state index in [0.29, 0.717) is 10.6 Å². The zero-order chi connectivity index (χ0) is 14.9. The van der Waals surface area contributed by atoms with Gasteiger partial charge in [0.05, 0.1) is 10.6 Å². The van der Waals surface area contributed by atoms with Crippen LogP contribution < -0.4 is 0 Å². The van der Waals surface area contributed by atoms with Gasteiger partial charge in [-0.15, -0.1) is 0 Å². The van der Waals surface area contributed by atoms with E-state index in [-0.39, 0.29) is 5.69 Å². The minimum absolute atomic E-state index is 0.0664. The monoisotopic (exact) mass is 351 g/mol. The van der Waals surface area contributed by atoms with Gasteiger partial charge in [-0.2, -0.15) is 0 Å². The lowest BCUT2D eigenvalue weighted by atomic mass is 10.3. The first-order valence-corrected chi connectivity index (χ1v) is 7.27. The number of rotatable bonds is 3. The molecule has 0 saturated heterocycles. The molecule has 2 rings (SSSR count). The lowest BCUT2D eigenvalue weighted by molar-refractivity contribution is -0.385. The van der Waals surface area contributed by atoms with E-state index < -0.39 is 8.05 Å². The number of aromatic nitrogens is 2. The average molecular weight is 353 g/mol. The minimum Gasteiger partial charge on any atom is -0.303 e. The van der Waals surface area contributed by atoms with Gasteiger partial charge in [0.15, 0.2) is 0 Å². The van der Waals surface area contributed by atoms with Crippen LogP contribution in [0.2, 0.25) is 0 Å². The third-order valence-electron chi connectivity index (χ3n) is 2.47. The first-order valence-electron chi connectivity index (χ1n) is 5.32. The standard InChI is InChI=1S/C11H8Cl3N3O2S/c1-7-15-4-5-16(7)9-3-2-8(17(18)19)6-10(9)20-11(12,13)14/h2-6H,1H3. The number of nitro benzene ring substituents is 1. The molecule has 9 heteroatoms. The maximum atomic E-state index is 10.9. The molecule has 5 nitrogen and oxygen atoms in total. The summed E-state index contributed by atoms with van der Waals surface area (Å²) in [5.74, 6) is 0.727. The quantitative estimate of drug-likeness (QED) is 0.353. The Morgan fingerprint density at radius 1 is 1.40 bits per heavy atom. The molecular weight excluding hydrogens is 345 g/mol. The number of imidazole rings is 1. The van der Waals surface area contributed by atoms with Crippen molar-refractivity contribution in [3.8, 4) is 5.69 Å². The van der Waals surface area contributed by atoms with Crippen LogP contribution in [0.4, 0.5) is 5.69 Å². The van der Waals surface area contributed by atoms with Gasteiger partial charge in [0, 0.05) is 29.4 Å². The summed E-state index contributed by atoms with van der Waals surface area (Å²) in [6.07, 6.45) is 3.36. The minimum atomic E-state index is -1.61. The maximum Gasteiger partial charge on any atom is 0.270 e. The second-order valence-corrected chi connectivity index (χ2v) is 8.01. The second-order valence-electron chi connectivity index (χ2n) is 3.80. The molecule has 0 unspecified atom stereocenters. The van der Waals surface area contributed by atoms with Gasteiger partial charge in [0.2, 0.25) is 3.12 Å². The van der Waals surface area contributed by atoms with Crippen LogP contribution in [0.25, 0.3) is 5.69 Å². The number of nitro groups is 1. The molecule has 0 N–H and O–H groups in total. The van der Waals surface area contributed by atoms with Crippen LogP contribution in [0.3, 0.4) is 0 Å². The SMILES string of the molecule is Cc1nccn1-c1ccc([N+](=O)[O-])cc1SC(Cl)(Cl)Cl. The molecule has 0 aliphatic carbocycles. The van der Waals surface area contributed by atoms with Crippen LogP contribution in [0.1, 0.15) is 5.82 Å². The molecule has 0 atom stereocenters. The molecule has 0 amide bonds. The largest absolute Gasteiger partial charge is 0.303 e. The van der Waals surface area contributed by atoms with Gasteiger partial charge in [0.1, 0.15) is 5.82 Å². The molecule has 0 saturated carbocycles. The van der Waals surface area contributed by atoms with E-state index in [2.05, 4.69) is 4.98 Å². The molecule has 1 heterocycles. The Labute approximate surface area is 134 Å². The van der Waals surface area contributed by atoms with Crippen molar-refractivity contribution in [2.24, 2.45) is 0 Å². The number of hydrogen-bond acceptors (Lipinski definition) is 4. The Hall–Kier alpha value is -0.950. The summed E-state index contributed by atoms with van der Waals surface area (Å²) in [5.41, 5.74) is 0.602.